The van der Waals surface area contributed by atoms with Crippen molar-refractivity contribution in [1.82, 2.24) is 10.0 Å². The molecule has 0 bridgehead atoms. The van der Waals surface area contributed by atoms with Crippen LogP contribution in [-0.2, 0) is 9.59 Å². The first-order valence-corrected chi connectivity index (χ1v) is 15.4. The third-order valence-electron chi connectivity index (χ3n) is 6.32. The van der Waals surface area contributed by atoms with Crippen LogP contribution in [0.5, 0.6) is 0 Å². The summed E-state index contributed by atoms with van der Waals surface area (Å²) in [5.74, 6) is 0.341. The molecule has 0 aliphatic carbocycles. The molecule has 2 atom stereocenters. The zero-order valence-corrected chi connectivity index (χ0v) is 23.8. The van der Waals surface area contributed by atoms with E-state index in [0.717, 1.165) is 31.6 Å². The number of nitrogens with one attached hydrogen (secondary N) is 2. The number of rotatable bonds is 27. The standard InChI is InChI=1S/C27H54N2O3S2/c1-24(28-22-19-23-34-29-25(2)27(32)33)20-17-15-13-11-9-7-5-3-4-6-8-10-12-14-16-18-21-26(30)31/h24-25,28-29H,3-23H2,1-2H3,(H,30,31)(H,32,33). The van der Waals surface area contributed by atoms with Gasteiger partial charge in [0.2, 0.25) is 5.12 Å². The molecule has 3 N–H and O–H groups in total. The fourth-order valence-corrected chi connectivity index (χ4v) is 4.95. The molecule has 0 aromatic carbocycles. The zero-order valence-electron chi connectivity index (χ0n) is 22.1. The number of thiol groups is 1. The number of carbonyl (C=O) groups excluding carboxylic acids is 1. The molecule has 0 saturated carbocycles. The lowest BCUT2D eigenvalue weighted by Gasteiger charge is -2.14. The van der Waals surface area contributed by atoms with Gasteiger partial charge in [0, 0.05) is 18.2 Å². The Kier molecular flexibility index (Phi) is 25.7. The summed E-state index contributed by atoms with van der Waals surface area (Å²) in [4.78, 5) is 21.5. The summed E-state index contributed by atoms with van der Waals surface area (Å²) in [6, 6.07) is 0.407. The summed E-state index contributed by atoms with van der Waals surface area (Å²) in [5.41, 5.74) is 0. The summed E-state index contributed by atoms with van der Waals surface area (Å²) in [7, 11) is 0. The number of carboxylic acid groups (broad SMARTS) is 1. The van der Waals surface area contributed by atoms with Crippen molar-refractivity contribution in [2.24, 2.45) is 0 Å². The molecule has 0 rings (SSSR count). The number of unbranched alkanes of at least 4 members (excludes halogenated alkanes) is 15. The van der Waals surface area contributed by atoms with Crippen LogP contribution in [0.25, 0.3) is 0 Å². The number of aliphatic carboxylic acids is 1. The van der Waals surface area contributed by atoms with E-state index in [1.165, 1.54) is 96.3 Å². The van der Waals surface area contributed by atoms with E-state index in [1.54, 1.807) is 11.9 Å². The van der Waals surface area contributed by atoms with E-state index in [4.69, 9.17) is 5.11 Å². The van der Waals surface area contributed by atoms with E-state index in [1.807, 2.05) is 6.92 Å². The number of hydrogen-bond donors (Lipinski definition) is 4. The Hall–Kier alpha value is -0.240. The van der Waals surface area contributed by atoms with Gasteiger partial charge in [-0.1, -0.05) is 108 Å². The van der Waals surface area contributed by atoms with Gasteiger partial charge in [0.05, 0.1) is 6.04 Å². The van der Waals surface area contributed by atoms with Gasteiger partial charge in [0.25, 0.3) is 0 Å². The molecule has 2 unspecified atom stereocenters. The van der Waals surface area contributed by atoms with Gasteiger partial charge in [-0.05, 0) is 39.7 Å². The maximum atomic E-state index is 11.0. The predicted molar refractivity (Wildman–Crippen MR) is 152 cm³/mol. The maximum Gasteiger partial charge on any atom is 0.303 e. The molecule has 202 valence electrons. The highest BCUT2D eigenvalue weighted by atomic mass is 32.2. The SMILES string of the molecule is CC(CCCCCCCCCCCCCCCCCCC(=O)O)NCCCSNC(C)C(=O)S. The Balaban J connectivity index is 3.19. The van der Waals surface area contributed by atoms with Crippen LogP contribution in [-0.4, -0.2) is 40.6 Å². The van der Waals surface area contributed by atoms with Gasteiger partial charge in [-0.2, -0.15) is 0 Å². The monoisotopic (exact) mass is 518 g/mol. The fourth-order valence-electron chi connectivity index (χ4n) is 4.03. The Bertz CT molecular complexity index is 481. The van der Waals surface area contributed by atoms with Crippen LogP contribution >= 0.6 is 24.6 Å². The Morgan fingerprint density at radius 3 is 1.62 bits per heavy atom. The molecule has 5 nitrogen and oxygen atoms in total. The average Bonchev–Trinajstić information content (AvgIpc) is 2.80. The largest absolute Gasteiger partial charge is 0.481 e. The molecule has 0 aromatic rings. The van der Waals surface area contributed by atoms with Crippen molar-refractivity contribution in [2.45, 2.75) is 148 Å². The van der Waals surface area contributed by atoms with Crippen molar-refractivity contribution in [3.05, 3.63) is 0 Å². The van der Waals surface area contributed by atoms with Crippen LogP contribution in [0.15, 0.2) is 0 Å². The molecule has 0 amide bonds. The predicted octanol–water partition coefficient (Wildman–Crippen LogP) is 7.54. The molecule has 0 aliphatic heterocycles. The van der Waals surface area contributed by atoms with Crippen LogP contribution in [0.3, 0.4) is 0 Å². The minimum absolute atomic E-state index is 0.110. The number of carboxylic acids is 1. The lowest BCUT2D eigenvalue weighted by molar-refractivity contribution is -0.137. The normalized spacial score (nSPS) is 13.1. The lowest BCUT2D eigenvalue weighted by atomic mass is 10.0. The first-order chi connectivity index (χ1) is 16.4. The summed E-state index contributed by atoms with van der Waals surface area (Å²) >= 11 is 5.43. The second-order valence-corrected chi connectivity index (χ2v) is 11.2. The van der Waals surface area contributed by atoms with E-state index in [-0.39, 0.29) is 11.2 Å². The molecule has 0 aliphatic rings. The third kappa shape index (κ3) is 26.4. The van der Waals surface area contributed by atoms with Gasteiger partial charge in [-0.25, -0.2) is 0 Å². The summed E-state index contributed by atoms with van der Waals surface area (Å²) in [5, 5.41) is 12.1. The first kappa shape index (κ1) is 33.8. The van der Waals surface area contributed by atoms with E-state index in [2.05, 4.69) is 29.6 Å². The van der Waals surface area contributed by atoms with Crippen LogP contribution in [0.4, 0.5) is 0 Å². The van der Waals surface area contributed by atoms with E-state index in [0.29, 0.717) is 12.5 Å². The zero-order chi connectivity index (χ0) is 25.3. The minimum Gasteiger partial charge on any atom is -0.481 e. The molecular formula is C27H54N2O3S2. The summed E-state index contributed by atoms with van der Waals surface area (Å²) in [6.45, 7) is 5.16. The molecule has 0 radical (unpaired) electrons. The van der Waals surface area contributed by atoms with E-state index in [9.17, 15) is 9.59 Å². The molecule has 34 heavy (non-hydrogen) atoms. The first-order valence-electron chi connectivity index (χ1n) is 14.0. The third-order valence-corrected chi connectivity index (χ3v) is 7.72. The van der Waals surface area contributed by atoms with Crippen LogP contribution < -0.4 is 10.0 Å². The Labute approximate surface area is 220 Å². The van der Waals surface area contributed by atoms with Gasteiger partial charge in [0.1, 0.15) is 0 Å². The van der Waals surface area contributed by atoms with Crippen molar-refractivity contribution in [3.8, 4) is 0 Å². The highest BCUT2D eigenvalue weighted by Crippen LogP contribution is 2.14. The number of carbonyl (C=O) groups is 2. The topological polar surface area (TPSA) is 78.4 Å². The van der Waals surface area contributed by atoms with Gasteiger partial charge in [0.15, 0.2) is 0 Å². The summed E-state index contributed by atoms with van der Waals surface area (Å²) < 4.78 is 3.11. The van der Waals surface area contributed by atoms with E-state index < -0.39 is 5.97 Å². The molecular weight excluding hydrogens is 464 g/mol. The van der Waals surface area contributed by atoms with Crippen molar-refractivity contribution in [2.75, 3.05) is 12.3 Å². The molecule has 0 spiro atoms. The van der Waals surface area contributed by atoms with Crippen LogP contribution in [0, 0.1) is 0 Å². The number of hydrogen-bond acceptors (Lipinski definition) is 5. The van der Waals surface area contributed by atoms with Crippen LogP contribution in [0.2, 0.25) is 0 Å². The maximum absolute atomic E-state index is 11.0. The van der Waals surface area contributed by atoms with Gasteiger partial charge < -0.3 is 10.4 Å². The Morgan fingerprint density at radius 1 is 0.735 bits per heavy atom. The molecule has 0 heterocycles. The van der Waals surface area contributed by atoms with Gasteiger partial charge in [-0.15, -0.1) is 12.6 Å². The van der Waals surface area contributed by atoms with Crippen molar-refractivity contribution in [3.63, 3.8) is 0 Å². The van der Waals surface area contributed by atoms with E-state index >= 15 is 0 Å². The van der Waals surface area contributed by atoms with Gasteiger partial charge in [-0.3, -0.25) is 14.3 Å². The lowest BCUT2D eigenvalue weighted by Crippen LogP contribution is -2.28. The highest BCUT2D eigenvalue weighted by Gasteiger charge is 2.07. The summed E-state index contributed by atoms with van der Waals surface area (Å²) in [6.07, 6.45) is 23.5. The molecule has 7 heteroatoms. The second kappa shape index (κ2) is 25.8. The Morgan fingerprint density at radius 2 is 1.18 bits per heavy atom. The fraction of sp³-hybridized carbons (Fsp3) is 0.926. The van der Waals surface area contributed by atoms with Gasteiger partial charge >= 0.3 is 5.97 Å². The smallest absolute Gasteiger partial charge is 0.303 e. The molecule has 0 fully saturated rings. The molecule has 0 aromatic heterocycles. The quantitative estimate of drug-likeness (QED) is 0.0511. The average molecular weight is 519 g/mol. The van der Waals surface area contributed by atoms with Crippen molar-refractivity contribution >= 4 is 35.7 Å². The second-order valence-electron chi connectivity index (χ2n) is 9.82. The van der Waals surface area contributed by atoms with Crippen molar-refractivity contribution < 1.29 is 14.7 Å². The van der Waals surface area contributed by atoms with Crippen LogP contribution in [0.1, 0.15) is 136 Å². The molecule has 0 saturated heterocycles. The highest BCUT2D eigenvalue weighted by molar-refractivity contribution is 7.98. The minimum atomic E-state index is -0.662. The van der Waals surface area contributed by atoms with Crippen molar-refractivity contribution in [1.29, 1.82) is 0 Å².